The number of carbonyl (C=O) groups is 1. The quantitative estimate of drug-likeness (QED) is 0.747. The summed E-state index contributed by atoms with van der Waals surface area (Å²) in [6.45, 7) is 10.6. The molecule has 0 aromatic rings. The highest BCUT2D eigenvalue weighted by Gasteiger charge is 2.35. The smallest absolute Gasteiger partial charge is 0.223 e. The van der Waals surface area contributed by atoms with Gasteiger partial charge in [0.1, 0.15) is 0 Å². The van der Waals surface area contributed by atoms with Crippen molar-refractivity contribution in [3.05, 3.63) is 0 Å². The average Bonchev–Trinajstić information content (AvgIpc) is 2.47. The Morgan fingerprint density at radius 1 is 1.27 bits per heavy atom. The summed E-state index contributed by atoms with van der Waals surface area (Å²) in [7, 11) is 0. The maximum atomic E-state index is 12.1. The molecule has 0 heterocycles. The number of nitrogens with one attached hydrogen (secondary N) is 1. The Kier molecular flexibility index (Phi) is 3.80. The molecule has 0 aromatic carbocycles. The first-order chi connectivity index (χ1) is 6.81. The van der Waals surface area contributed by atoms with Gasteiger partial charge in [0, 0.05) is 11.5 Å². The van der Waals surface area contributed by atoms with Crippen LogP contribution in [0.25, 0.3) is 0 Å². The van der Waals surface area contributed by atoms with E-state index in [1.54, 1.807) is 0 Å². The zero-order chi connectivity index (χ0) is 11.6. The highest BCUT2D eigenvalue weighted by molar-refractivity contribution is 5.79. The molecule has 2 nitrogen and oxygen atoms in total. The summed E-state index contributed by atoms with van der Waals surface area (Å²) in [6, 6.07) is 0. The molecule has 1 rings (SSSR count). The van der Waals surface area contributed by atoms with Crippen molar-refractivity contribution >= 4 is 5.91 Å². The number of rotatable bonds is 2. The first-order valence-electron chi connectivity index (χ1n) is 6.13. The molecular formula is C13H25NO. The highest BCUT2D eigenvalue weighted by Crippen LogP contribution is 2.37. The van der Waals surface area contributed by atoms with Crippen LogP contribution in [0, 0.1) is 17.8 Å². The normalized spacial score (nSPS) is 27.1. The summed E-state index contributed by atoms with van der Waals surface area (Å²) in [6.07, 6.45) is 3.51. The Balaban J connectivity index is 2.59. The minimum atomic E-state index is -0.0960. The van der Waals surface area contributed by atoms with Crippen LogP contribution >= 0.6 is 0 Å². The van der Waals surface area contributed by atoms with Gasteiger partial charge in [0.2, 0.25) is 5.91 Å². The van der Waals surface area contributed by atoms with E-state index in [0.29, 0.717) is 11.8 Å². The van der Waals surface area contributed by atoms with E-state index in [1.807, 2.05) is 20.8 Å². The molecule has 15 heavy (non-hydrogen) atoms. The maximum Gasteiger partial charge on any atom is 0.223 e. The van der Waals surface area contributed by atoms with Gasteiger partial charge in [0.25, 0.3) is 0 Å². The zero-order valence-electron chi connectivity index (χ0n) is 10.8. The van der Waals surface area contributed by atoms with Crippen molar-refractivity contribution in [3.63, 3.8) is 0 Å². The lowest BCUT2D eigenvalue weighted by molar-refractivity contribution is -0.128. The predicted octanol–water partition coefficient (Wildman–Crippen LogP) is 2.97. The van der Waals surface area contributed by atoms with Gasteiger partial charge in [-0.3, -0.25) is 4.79 Å². The molecule has 1 saturated carbocycles. The Bertz CT molecular complexity index is 227. The number of hydrogen-bond acceptors (Lipinski definition) is 1. The molecule has 2 heteroatoms. The molecule has 1 aliphatic carbocycles. The average molecular weight is 211 g/mol. The first-order valence-corrected chi connectivity index (χ1v) is 6.13. The molecule has 1 aliphatic rings. The molecule has 1 unspecified atom stereocenters. The van der Waals surface area contributed by atoms with Crippen molar-refractivity contribution in [2.75, 3.05) is 0 Å². The number of carbonyl (C=O) groups excluding carboxylic acids is 1. The van der Waals surface area contributed by atoms with E-state index in [1.165, 1.54) is 12.8 Å². The fraction of sp³-hybridized carbons (Fsp3) is 0.923. The number of hydrogen-bond donors (Lipinski definition) is 1. The summed E-state index contributed by atoms with van der Waals surface area (Å²) in [5.74, 6) is 1.73. The van der Waals surface area contributed by atoms with Crippen LogP contribution < -0.4 is 5.32 Å². The summed E-state index contributed by atoms with van der Waals surface area (Å²) >= 11 is 0. The van der Waals surface area contributed by atoms with Crippen LogP contribution in [0.3, 0.4) is 0 Å². The minimum absolute atomic E-state index is 0.0960. The van der Waals surface area contributed by atoms with Gasteiger partial charge in [0.15, 0.2) is 0 Å². The van der Waals surface area contributed by atoms with Gasteiger partial charge in [-0.05, 0) is 45.4 Å². The van der Waals surface area contributed by atoms with Gasteiger partial charge < -0.3 is 5.32 Å². The second-order valence-electron chi connectivity index (χ2n) is 6.18. The second-order valence-corrected chi connectivity index (χ2v) is 6.18. The second kappa shape index (κ2) is 4.54. The van der Waals surface area contributed by atoms with Crippen molar-refractivity contribution in [3.8, 4) is 0 Å². The summed E-state index contributed by atoms with van der Waals surface area (Å²) in [4.78, 5) is 12.1. The lowest BCUT2D eigenvalue weighted by Crippen LogP contribution is -2.45. The Labute approximate surface area is 93.8 Å². The predicted molar refractivity (Wildman–Crippen MR) is 63.6 cm³/mol. The van der Waals surface area contributed by atoms with E-state index in [-0.39, 0.29) is 17.4 Å². The van der Waals surface area contributed by atoms with E-state index in [0.717, 1.165) is 6.42 Å². The summed E-state index contributed by atoms with van der Waals surface area (Å²) in [5, 5.41) is 3.11. The minimum Gasteiger partial charge on any atom is -0.351 e. The van der Waals surface area contributed by atoms with Crippen LogP contribution in [0.5, 0.6) is 0 Å². The van der Waals surface area contributed by atoms with Gasteiger partial charge in [-0.1, -0.05) is 20.3 Å². The molecule has 1 amide bonds. The molecule has 2 atom stereocenters. The molecular weight excluding hydrogens is 186 g/mol. The molecule has 1 N–H and O–H groups in total. The standard InChI is InChI=1S/C13H25NO/c1-9(2)10-7-6-8-11(10)12(15)14-13(3,4)5/h9-11H,6-8H2,1-5H3,(H,14,15)/t10?,11-/m1/s1. The van der Waals surface area contributed by atoms with Gasteiger partial charge >= 0.3 is 0 Å². The SMILES string of the molecule is CC(C)C1CCC[C@H]1C(=O)NC(C)(C)C. The van der Waals surface area contributed by atoms with Gasteiger partial charge in [-0.25, -0.2) is 0 Å². The topological polar surface area (TPSA) is 29.1 Å². The molecule has 1 fully saturated rings. The lowest BCUT2D eigenvalue weighted by Gasteiger charge is -2.27. The van der Waals surface area contributed by atoms with E-state index < -0.39 is 0 Å². The monoisotopic (exact) mass is 211 g/mol. The van der Waals surface area contributed by atoms with Gasteiger partial charge in [-0.2, -0.15) is 0 Å². The van der Waals surface area contributed by atoms with Crippen LogP contribution in [0.1, 0.15) is 53.9 Å². The first kappa shape index (κ1) is 12.5. The van der Waals surface area contributed by atoms with E-state index in [4.69, 9.17) is 0 Å². The third-order valence-electron chi connectivity index (χ3n) is 3.26. The van der Waals surface area contributed by atoms with E-state index >= 15 is 0 Å². The van der Waals surface area contributed by atoms with Crippen LogP contribution in [-0.4, -0.2) is 11.4 Å². The van der Waals surface area contributed by atoms with Crippen molar-refractivity contribution in [1.82, 2.24) is 5.32 Å². The maximum absolute atomic E-state index is 12.1. The third-order valence-corrected chi connectivity index (χ3v) is 3.26. The Hall–Kier alpha value is -0.530. The van der Waals surface area contributed by atoms with Crippen molar-refractivity contribution in [2.45, 2.75) is 59.4 Å². The van der Waals surface area contributed by atoms with Gasteiger partial charge in [-0.15, -0.1) is 0 Å². The number of amides is 1. The molecule has 0 bridgehead atoms. The molecule has 88 valence electrons. The van der Waals surface area contributed by atoms with Crippen LogP contribution in [-0.2, 0) is 4.79 Å². The van der Waals surface area contributed by atoms with E-state index in [2.05, 4.69) is 19.2 Å². The van der Waals surface area contributed by atoms with Crippen molar-refractivity contribution in [1.29, 1.82) is 0 Å². The molecule has 0 saturated heterocycles. The fourth-order valence-electron chi connectivity index (χ4n) is 2.57. The van der Waals surface area contributed by atoms with E-state index in [9.17, 15) is 4.79 Å². The van der Waals surface area contributed by atoms with Crippen LogP contribution in [0.4, 0.5) is 0 Å². The van der Waals surface area contributed by atoms with Crippen molar-refractivity contribution < 1.29 is 4.79 Å². The lowest BCUT2D eigenvalue weighted by atomic mass is 9.85. The zero-order valence-corrected chi connectivity index (χ0v) is 10.8. The third kappa shape index (κ3) is 3.51. The molecule has 0 aromatic heterocycles. The fourth-order valence-corrected chi connectivity index (χ4v) is 2.57. The van der Waals surface area contributed by atoms with Crippen LogP contribution in [0.2, 0.25) is 0 Å². The molecule has 0 spiro atoms. The van der Waals surface area contributed by atoms with Crippen LogP contribution in [0.15, 0.2) is 0 Å². The van der Waals surface area contributed by atoms with Gasteiger partial charge in [0.05, 0.1) is 0 Å². The largest absolute Gasteiger partial charge is 0.351 e. The van der Waals surface area contributed by atoms with Crippen molar-refractivity contribution in [2.24, 2.45) is 17.8 Å². The highest BCUT2D eigenvalue weighted by atomic mass is 16.2. The summed E-state index contributed by atoms with van der Waals surface area (Å²) in [5.41, 5.74) is -0.0960. The molecule has 0 aliphatic heterocycles. The summed E-state index contributed by atoms with van der Waals surface area (Å²) < 4.78 is 0. The molecule has 0 radical (unpaired) electrons. The Morgan fingerprint density at radius 3 is 2.33 bits per heavy atom. The Morgan fingerprint density at radius 2 is 1.87 bits per heavy atom.